The van der Waals surface area contributed by atoms with Gasteiger partial charge in [-0.15, -0.1) is 0 Å². The van der Waals surface area contributed by atoms with Crippen LogP contribution in [0.15, 0.2) is 64.5 Å². The van der Waals surface area contributed by atoms with E-state index < -0.39 is 0 Å². The third-order valence-corrected chi connectivity index (χ3v) is 6.88. The molecule has 0 aromatic heterocycles. The van der Waals surface area contributed by atoms with Crippen molar-refractivity contribution in [2.75, 3.05) is 6.61 Å². The molecule has 0 saturated carbocycles. The predicted molar refractivity (Wildman–Crippen MR) is 151 cm³/mol. The van der Waals surface area contributed by atoms with Crippen LogP contribution in [0.3, 0.4) is 0 Å². The van der Waals surface area contributed by atoms with E-state index in [1.54, 1.807) is 11.0 Å². The third-order valence-electron chi connectivity index (χ3n) is 5.60. The van der Waals surface area contributed by atoms with E-state index in [1.165, 1.54) is 11.8 Å². The number of hydrogen-bond donors (Lipinski definition) is 0. The number of fused-ring (bicyclic) bond motifs is 1. The van der Waals surface area contributed by atoms with Crippen molar-refractivity contribution in [2.45, 2.75) is 53.3 Å². The van der Waals surface area contributed by atoms with Gasteiger partial charge in [0.2, 0.25) is 0 Å². The number of ether oxygens (including phenoxy) is 2. The van der Waals surface area contributed by atoms with Gasteiger partial charge in [-0.3, -0.25) is 14.7 Å². The van der Waals surface area contributed by atoms with E-state index in [4.69, 9.17) is 21.1 Å². The van der Waals surface area contributed by atoms with Crippen LogP contribution in [0, 0.1) is 0 Å². The van der Waals surface area contributed by atoms with E-state index in [0.717, 1.165) is 27.1 Å². The minimum atomic E-state index is -0.0558. The Morgan fingerprint density at radius 2 is 1.81 bits per heavy atom. The van der Waals surface area contributed by atoms with Crippen LogP contribution in [0.25, 0.3) is 16.8 Å². The van der Waals surface area contributed by atoms with E-state index in [-0.39, 0.29) is 18.0 Å². The highest BCUT2D eigenvalue weighted by atomic mass is 35.5. The first kappa shape index (κ1) is 26.1. The van der Waals surface area contributed by atoms with Crippen molar-refractivity contribution in [1.82, 2.24) is 4.90 Å². The maximum Gasteiger partial charge on any atom is 0.266 e. The number of hydrogen-bond acceptors (Lipinski definition) is 5. The van der Waals surface area contributed by atoms with Gasteiger partial charge in [-0.25, -0.2) is 0 Å². The van der Waals surface area contributed by atoms with E-state index in [0.29, 0.717) is 34.6 Å². The molecule has 3 aromatic rings. The van der Waals surface area contributed by atoms with Gasteiger partial charge in [-0.2, -0.15) is 0 Å². The Morgan fingerprint density at radius 1 is 1.06 bits per heavy atom. The van der Waals surface area contributed by atoms with Gasteiger partial charge in [0.25, 0.3) is 5.91 Å². The van der Waals surface area contributed by atoms with Crippen molar-refractivity contribution in [3.63, 3.8) is 0 Å². The summed E-state index contributed by atoms with van der Waals surface area (Å²) in [4.78, 5) is 20.1. The van der Waals surface area contributed by atoms with Gasteiger partial charge in [0, 0.05) is 12.1 Å². The van der Waals surface area contributed by atoms with Crippen LogP contribution < -0.4 is 9.47 Å². The lowest BCUT2D eigenvalue weighted by Crippen LogP contribution is -2.35. The van der Waals surface area contributed by atoms with Gasteiger partial charge in [0.05, 0.1) is 16.5 Å². The van der Waals surface area contributed by atoms with Gasteiger partial charge < -0.3 is 9.47 Å². The first-order valence-electron chi connectivity index (χ1n) is 12.1. The first-order valence-corrected chi connectivity index (χ1v) is 13.3. The second-order valence-electron chi connectivity index (χ2n) is 9.07. The number of nitrogens with zero attached hydrogens (tertiary/aromatic N) is 2. The Balaban J connectivity index is 1.64. The number of thioether (sulfide) groups is 1. The van der Waals surface area contributed by atoms with Gasteiger partial charge in [-0.05, 0) is 86.5 Å². The average molecular weight is 523 g/mol. The van der Waals surface area contributed by atoms with Crippen molar-refractivity contribution >= 4 is 51.3 Å². The predicted octanol–water partition coefficient (Wildman–Crippen LogP) is 7.56. The fourth-order valence-corrected chi connectivity index (χ4v) is 5.55. The first-order chi connectivity index (χ1) is 17.3. The van der Waals surface area contributed by atoms with Gasteiger partial charge >= 0.3 is 0 Å². The molecule has 1 saturated heterocycles. The zero-order chi connectivity index (χ0) is 25.8. The van der Waals surface area contributed by atoms with E-state index >= 15 is 0 Å². The lowest BCUT2D eigenvalue weighted by Gasteiger charge is -2.20. The molecule has 0 spiro atoms. The van der Waals surface area contributed by atoms with Crippen LogP contribution in [-0.2, 0) is 11.4 Å². The summed E-state index contributed by atoms with van der Waals surface area (Å²) in [5.74, 6) is 0.981. The molecule has 1 heterocycles. The van der Waals surface area contributed by atoms with E-state index in [2.05, 4.69) is 29.3 Å². The molecular weight excluding hydrogens is 492 g/mol. The van der Waals surface area contributed by atoms with Gasteiger partial charge in [0.1, 0.15) is 6.61 Å². The van der Waals surface area contributed by atoms with E-state index in [9.17, 15) is 4.79 Å². The Labute approximate surface area is 222 Å². The molecule has 188 valence electrons. The number of halogens is 1. The number of amides is 1. The third kappa shape index (κ3) is 5.71. The maximum atomic E-state index is 13.1. The largest absolute Gasteiger partial charge is 0.490 e. The molecule has 1 aliphatic rings. The minimum Gasteiger partial charge on any atom is -0.490 e. The van der Waals surface area contributed by atoms with Gasteiger partial charge in [0.15, 0.2) is 16.7 Å². The minimum absolute atomic E-state index is 0.0146. The fraction of sp³-hybridized carbons (Fsp3) is 0.310. The smallest absolute Gasteiger partial charge is 0.266 e. The molecule has 0 radical (unpaired) electrons. The van der Waals surface area contributed by atoms with E-state index in [1.807, 2.05) is 65.0 Å². The van der Waals surface area contributed by atoms with Crippen molar-refractivity contribution in [2.24, 2.45) is 4.99 Å². The summed E-state index contributed by atoms with van der Waals surface area (Å²) in [5.41, 5.74) is 1.84. The molecular formula is C29H31ClN2O3S. The summed E-state index contributed by atoms with van der Waals surface area (Å²) < 4.78 is 12.1. The molecule has 3 aromatic carbocycles. The molecule has 1 aliphatic heterocycles. The number of aliphatic imine (C=N–C) groups is 1. The monoisotopic (exact) mass is 522 g/mol. The van der Waals surface area contributed by atoms with Crippen molar-refractivity contribution in [1.29, 1.82) is 0 Å². The standard InChI is InChI=1S/C29H31ClN2O3S/c1-6-34-25-15-20(16-26-28(33)32(19(4)5)29(36-26)31-18(2)3)14-24(30)27(25)35-17-22-12-9-11-21-10-7-8-13-23(21)22/h7-16,18-19H,6,17H2,1-5H3/b26-16+,31-29?. The molecule has 7 heteroatoms. The summed E-state index contributed by atoms with van der Waals surface area (Å²) in [5, 5.41) is 3.45. The van der Waals surface area contributed by atoms with Crippen molar-refractivity contribution < 1.29 is 14.3 Å². The molecule has 0 bridgehead atoms. The summed E-state index contributed by atoms with van der Waals surface area (Å²) in [6.45, 7) is 10.7. The lowest BCUT2D eigenvalue weighted by atomic mass is 10.1. The molecule has 1 amide bonds. The van der Waals surface area contributed by atoms with Crippen LogP contribution in [-0.4, -0.2) is 34.7 Å². The summed E-state index contributed by atoms with van der Waals surface area (Å²) in [7, 11) is 0. The summed E-state index contributed by atoms with van der Waals surface area (Å²) >= 11 is 8.08. The Morgan fingerprint density at radius 3 is 2.53 bits per heavy atom. The number of carbonyl (C=O) groups is 1. The van der Waals surface area contributed by atoms with Crippen molar-refractivity contribution in [3.8, 4) is 11.5 Å². The second-order valence-corrected chi connectivity index (χ2v) is 10.5. The number of benzene rings is 3. The topological polar surface area (TPSA) is 51.1 Å². The highest BCUT2D eigenvalue weighted by molar-refractivity contribution is 8.18. The van der Waals surface area contributed by atoms with Crippen LogP contribution in [0.1, 0.15) is 45.7 Å². The average Bonchev–Trinajstić information content (AvgIpc) is 3.12. The number of rotatable bonds is 8. The second kappa shape index (κ2) is 11.4. The summed E-state index contributed by atoms with van der Waals surface area (Å²) in [6, 6.07) is 18.2. The number of amidine groups is 1. The zero-order valence-electron chi connectivity index (χ0n) is 21.2. The highest BCUT2D eigenvalue weighted by Crippen LogP contribution is 2.40. The van der Waals surface area contributed by atoms with Crippen LogP contribution in [0.5, 0.6) is 11.5 Å². The van der Waals surface area contributed by atoms with Crippen molar-refractivity contribution in [3.05, 3.63) is 75.7 Å². The molecule has 4 rings (SSSR count). The fourth-order valence-electron chi connectivity index (χ4n) is 4.05. The van der Waals surface area contributed by atoms with Crippen LogP contribution >= 0.6 is 23.4 Å². The summed E-state index contributed by atoms with van der Waals surface area (Å²) in [6.07, 6.45) is 1.84. The SMILES string of the molecule is CCOc1cc(/C=C2/SC(=NC(C)C)N(C(C)C)C2=O)cc(Cl)c1OCc1cccc2ccccc12. The lowest BCUT2D eigenvalue weighted by molar-refractivity contribution is -0.123. The van der Waals surface area contributed by atoms with Crippen LogP contribution in [0.2, 0.25) is 5.02 Å². The molecule has 0 unspecified atom stereocenters. The molecule has 0 N–H and O–H groups in total. The molecule has 0 atom stereocenters. The normalized spacial score (nSPS) is 16.2. The zero-order valence-corrected chi connectivity index (χ0v) is 22.8. The Kier molecular flexibility index (Phi) is 8.27. The Bertz CT molecular complexity index is 1330. The molecule has 5 nitrogen and oxygen atoms in total. The Hall–Kier alpha value is -2.96. The maximum absolute atomic E-state index is 13.1. The van der Waals surface area contributed by atoms with Gasteiger partial charge in [-0.1, -0.05) is 54.1 Å². The molecule has 1 fully saturated rings. The number of carbonyl (C=O) groups excluding carboxylic acids is 1. The molecule has 36 heavy (non-hydrogen) atoms. The quantitative estimate of drug-likeness (QED) is 0.286. The molecule has 0 aliphatic carbocycles. The van der Waals surface area contributed by atoms with Crippen LogP contribution in [0.4, 0.5) is 0 Å². The highest BCUT2D eigenvalue weighted by Gasteiger charge is 2.35.